The summed E-state index contributed by atoms with van der Waals surface area (Å²) in [7, 11) is 0. The van der Waals surface area contributed by atoms with Crippen LogP contribution in [0.25, 0.3) is 0 Å². The van der Waals surface area contributed by atoms with Crippen molar-refractivity contribution in [3.8, 4) is 0 Å². The van der Waals surface area contributed by atoms with Gasteiger partial charge in [0, 0.05) is 17.3 Å². The lowest BCUT2D eigenvalue weighted by atomic mass is 9.93. The van der Waals surface area contributed by atoms with Gasteiger partial charge in [-0.15, -0.1) is 0 Å². The lowest BCUT2D eigenvalue weighted by molar-refractivity contribution is -0.143. The number of anilines is 1. The molecule has 21 heavy (non-hydrogen) atoms. The van der Waals surface area contributed by atoms with Gasteiger partial charge < -0.3 is 15.3 Å². The Labute approximate surface area is 128 Å². The number of nitrogens with one attached hydrogen (secondary N) is 1. The third-order valence-corrected chi connectivity index (χ3v) is 4.33. The Morgan fingerprint density at radius 2 is 2.14 bits per heavy atom. The number of likely N-dealkylation sites (tertiary alicyclic amines) is 1. The van der Waals surface area contributed by atoms with Gasteiger partial charge in [0.05, 0.1) is 0 Å². The second kappa shape index (κ2) is 6.35. The first-order valence-electron chi connectivity index (χ1n) is 6.95. The van der Waals surface area contributed by atoms with Crippen molar-refractivity contribution in [1.29, 1.82) is 0 Å². The number of aliphatic carboxylic acids is 1. The van der Waals surface area contributed by atoms with Crippen LogP contribution < -0.4 is 5.32 Å². The molecule has 1 aromatic carbocycles. The maximum atomic E-state index is 12.4. The largest absolute Gasteiger partial charge is 0.480 e. The molecule has 1 saturated heterocycles. The van der Waals surface area contributed by atoms with E-state index in [1.165, 1.54) is 4.90 Å². The summed E-state index contributed by atoms with van der Waals surface area (Å²) in [4.78, 5) is 25.1. The van der Waals surface area contributed by atoms with Crippen molar-refractivity contribution in [3.63, 3.8) is 0 Å². The zero-order valence-electron chi connectivity index (χ0n) is 12.1. The van der Waals surface area contributed by atoms with Gasteiger partial charge in [0.25, 0.3) is 0 Å². The maximum absolute atomic E-state index is 12.4. The van der Waals surface area contributed by atoms with E-state index in [1.807, 2.05) is 13.8 Å². The normalized spacial score (nSPS) is 22.0. The van der Waals surface area contributed by atoms with Gasteiger partial charge >= 0.3 is 12.0 Å². The first-order valence-corrected chi connectivity index (χ1v) is 7.33. The quantitative estimate of drug-likeness (QED) is 0.880. The summed E-state index contributed by atoms with van der Waals surface area (Å²) in [5, 5.41) is 12.6. The lowest BCUT2D eigenvalue weighted by Crippen LogP contribution is -2.51. The number of rotatable bonds is 2. The van der Waals surface area contributed by atoms with Gasteiger partial charge in [0.2, 0.25) is 0 Å². The standard InChI is InChI=1S/C15H19ClN2O3/c1-9-6-7-18(13(8-9)14(19)20)15(21)17-12-5-3-4-11(16)10(12)2/h3-5,9,13H,6-8H2,1-2H3,(H,17,21)(H,19,20). The van der Waals surface area contributed by atoms with E-state index >= 15 is 0 Å². The van der Waals surface area contributed by atoms with E-state index in [-0.39, 0.29) is 6.03 Å². The molecular formula is C15H19ClN2O3. The minimum Gasteiger partial charge on any atom is -0.480 e. The van der Waals surface area contributed by atoms with Gasteiger partial charge in [-0.3, -0.25) is 0 Å². The fraction of sp³-hybridized carbons (Fsp3) is 0.467. The van der Waals surface area contributed by atoms with Crippen LogP contribution >= 0.6 is 11.6 Å². The number of carboxylic acid groups (broad SMARTS) is 1. The maximum Gasteiger partial charge on any atom is 0.326 e. The van der Waals surface area contributed by atoms with E-state index in [1.54, 1.807) is 18.2 Å². The summed E-state index contributed by atoms with van der Waals surface area (Å²) in [6.07, 6.45) is 1.29. The van der Waals surface area contributed by atoms with E-state index in [2.05, 4.69) is 5.32 Å². The highest BCUT2D eigenvalue weighted by molar-refractivity contribution is 6.31. The number of hydrogen-bond donors (Lipinski definition) is 2. The van der Waals surface area contributed by atoms with Crippen molar-refractivity contribution in [3.05, 3.63) is 28.8 Å². The van der Waals surface area contributed by atoms with Crippen molar-refractivity contribution >= 4 is 29.3 Å². The Kier molecular flexibility index (Phi) is 4.73. The van der Waals surface area contributed by atoms with E-state index in [0.29, 0.717) is 29.6 Å². The third-order valence-electron chi connectivity index (χ3n) is 3.92. The number of nitrogens with zero attached hydrogens (tertiary/aromatic N) is 1. The highest BCUT2D eigenvalue weighted by atomic mass is 35.5. The monoisotopic (exact) mass is 310 g/mol. The second-order valence-electron chi connectivity index (χ2n) is 5.52. The van der Waals surface area contributed by atoms with Gasteiger partial charge in [-0.1, -0.05) is 24.6 Å². The van der Waals surface area contributed by atoms with Crippen LogP contribution in [0.3, 0.4) is 0 Å². The molecule has 0 saturated carbocycles. The van der Waals surface area contributed by atoms with E-state index in [0.717, 1.165) is 12.0 Å². The molecule has 5 nitrogen and oxygen atoms in total. The fourth-order valence-corrected chi connectivity index (χ4v) is 2.72. The SMILES string of the molecule is Cc1c(Cl)cccc1NC(=O)N1CCC(C)CC1C(=O)O. The van der Waals surface area contributed by atoms with Gasteiger partial charge in [0.15, 0.2) is 0 Å². The van der Waals surface area contributed by atoms with Gasteiger partial charge in [-0.25, -0.2) is 9.59 Å². The van der Waals surface area contributed by atoms with E-state index in [4.69, 9.17) is 11.6 Å². The van der Waals surface area contributed by atoms with Crippen LogP contribution in [0.1, 0.15) is 25.3 Å². The molecule has 1 aromatic rings. The molecule has 1 aliphatic heterocycles. The first-order chi connectivity index (χ1) is 9.90. The van der Waals surface area contributed by atoms with Crippen molar-refractivity contribution in [2.75, 3.05) is 11.9 Å². The Balaban J connectivity index is 2.15. The number of carboxylic acids is 1. The van der Waals surface area contributed by atoms with Crippen LogP contribution in [0.2, 0.25) is 5.02 Å². The lowest BCUT2D eigenvalue weighted by Gasteiger charge is -2.36. The van der Waals surface area contributed by atoms with Crippen LogP contribution in [-0.2, 0) is 4.79 Å². The van der Waals surface area contributed by atoms with Crippen molar-refractivity contribution in [2.24, 2.45) is 5.92 Å². The summed E-state index contributed by atoms with van der Waals surface area (Å²) in [6.45, 7) is 4.26. The number of carbonyl (C=O) groups excluding carboxylic acids is 1. The molecule has 1 aliphatic rings. The first kappa shape index (κ1) is 15.6. The Bertz CT molecular complexity index is 562. The number of carbonyl (C=O) groups is 2. The van der Waals surface area contributed by atoms with E-state index < -0.39 is 12.0 Å². The summed E-state index contributed by atoms with van der Waals surface area (Å²) in [5.74, 6) is -0.650. The number of urea groups is 1. The molecule has 2 atom stereocenters. The molecule has 2 amide bonds. The van der Waals surface area contributed by atoms with Crippen molar-refractivity contribution in [2.45, 2.75) is 32.7 Å². The summed E-state index contributed by atoms with van der Waals surface area (Å²) < 4.78 is 0. The Hall–Kier alpha value is -1.75. The number of amides is 2. The molecule has 114 valence electrons. The fourth-order valence-electron chi connectivity index (χ4n) is 2.55. The predicted molar refractivity (Wildman–Crippen MR) is 81.7 cm³/mol. The van der Waals surface area contributed by atoms with Crippen LogP contribution in [0.15, 0.2) is 18.2 Å². The van der Waals surface area contributed by atoms with E-state index in [9.17, 15) is 14.7 Å². The third kappa shape index (κ3) is 3.47. The molecule has 1 fully saturated rings. The van der Waals surface area contributed by atoms with Gasteiger partial charge in [-0.2, -0.15) is 0 Å². The van der Waals surface area contributed by atoms with Gasteiger partial charge in [0.1, 0.15) is 6.04 Å². The average Bonchev–Trinajstić information content (AvgIpc) is 2.43. The Morgan fingerprint density at radius 3 is 2.81 bits per heavy atom. The summed E-state index contributed by atoms with van der Waals surface area (Å²) >= 11 is 6.02. The molecule has 0 bridgehead atoms. The molecule has 6 heteroatoms. The molecule has 2 unspecified atom stereocenters. The van der Waals surface area contributed by atoms with Crippen LogP contribution in [-0.4, -0.2) is 34.6 Å². The highest BCUT2D eigenvalue weighted by Crippen LogP contribution is 2.26. The number of piperidine rings is 1. The van der Waals surface area contributed by atoms with Crippen molar-refractivity contribution < 1.29 is 14.7 Å². The Morgan fingerprint density at radius 1 is 1.43 bits per heavy atom. The molecule has 0 spiro atoms. The van der Waals surface area contributed by atoms with Crippen LogP contribution in [0.4, 0.5) is 10.5 Å². The number of halogens is 1. The molecule has 2 rings (SSSR count). The number of benzene rings is 1. The van der Waals surface area contributed by atoms with Crippen LogP contribution in [0.5, 0.6) is 0 Å². The summed E-state index contributed by atoms with van der Waals surface area (Å²) in [6, 6.07) is 4.09. The predicted octanol–water partition coefficient (Wildman–Crippen LogP) is 3.37. The molecule has 1 heterocycles. The molecule has 0 aromatic heterocycles. The molecule has 0 radical (unpaired) electrons. The zero-order chi connectivity index (χ0) is 15.6. The molecule has 0 aliphatic carbocycles. The number of hydrogen-bond acceptors (Lipinski definition) is 2. The van der Waals surface area contributed by atoms with Gasteiger partial charge in [-0.05, 0) is 43.4 Å². The molecular weight excluding hydrogens is 292 g/mol. The minimum absolute atomic E-state index is 0.308. The minimum atomic E-state index is -0.959. The zero-order valence-corrected chi connectivity index (χ0v) is 12.9. The van der Waals surface area contributed by atoms with Crippen molar-refractivity contribution in [1.82, 2.24) is 4.90 Å². The average molecular weight is 311 g/mol. The highest BCUT2D eigenvalue weighted by Gasteiger charge is 2.34. The van der Waals surface area contributed by atoms with Crippen LogP contribution in [0, 0.1) is 12.8 Å². The summed E-state index contributed by atoms with van der Waals surface area (Å²) in [5.41, 5.74) is 1.38. The molecule has 2 N–H and O–H groups in total. The smallest absolute Gasteiger partial charge is 0.326 e. The second-order valence-corrected chi connectivity index (χ2v) is 5.93. The topological polar surface area (TPSA) is 69.6 Å².